The molecule has 0 rings (SSSR count). The van der Waals surface area contributed by atoms with Crippen LogP contribution in [0.15, 0.2) is 48.6 Å². The molecule has 11 heteroatoms. The highest BCUT2D eigenvalue weighted by Gasteiger charge is 2.23. The second kappa shape index (κ2) is 32.8. The first-order valence-corrected chi connectivity index (χ1v) is 21.6. The number of aliphatic hydroxyl groups excluding tert-OH is 3. The normalized spacial score (nSPS) is 16.2. The van der Waals surface area contributed by atoms with Gasteiger partial charge in [-0.25, -0.2) is 0 Å². The Kier molecular flexibility index (Phi) is 31.8. The molecular weight excluding hydrogens is 679 g/mol. The minimum atomic E-state index is -4.66. The van der Waals surface area contributed by atoms with Gasteiger partial charge in [0.25, 0.3) is 7.82 Å². The van der Waals surface area contributed by atoms with Gasteiger partial charge in [0, 0.05) is 6.42 Å². The number of hydrogen-bond acceptors (Lipinski definition) is 8. The molecule has 3 unspecified atom stereocenters. The summed E-state index contributed by atoms with van der Waals surface area (Å²) in [4.78, 5) is 25.2. The lowest BCUT2D eigenvalue weighted by Crippen LogP contribution is -2.46. The molecule has 0 aliphatic rings. The van der Waals surface area contributed by atoms with Crippen LogP contribution in [0.25, 0.3) is 0 Å². The van der Waals surface area contributed by atoms with E-state index in [4.69, 9.17) is 9.05 Å². The van der Waals surface area contributed by atoms with Crippen LogP contribution in [0.5, 0.6) is 0 Å². The smallest absolute Gasteiger partial charge is 0.268 e. The maximum absolute atomic E-state index is 12.8. The zero-order valence-corrected chi connectivity index (χ0v) is 34.4. The molecule has 4 N–H and O–H groups in total. The van der Waals surface area contributed by atoms with Crippen LogP contribution >= 0.6 is 7.82 Å². The molecule has 0 saturated heterocycles. The molecule has 0 aromatic rings. The van der Waals surface area contributed by atoms with Gasteiger partial charge in [0.1, 0.15) is 13.2 Å². The van der Waals surface area contributed by atoms with Crippen LogP contribution in [0.4, 0.5) is 0 Å². The number of phosphoric ester groups is 1. The number of unbranched alkanes of at least 4 members (excludes halogenated alkanes) is 12. The third-order valence-corrected chi connectivity index (χ3v) is 9.70. The summed E-state index contributed by atoms with van der Waals surface area (Å²) in [6.45, 7) is 4.33. The topological polar surface area (TPSA) is 148 Å². The summed E-state index contributed by atoms with van der Waals surface area (Å²) in [5, 5.41) is 34.3. The molecule has 10 nitrogen and oxygen atoms in total. The number of amides is 1. The lowest BCUT2D eigenvalue weighted by atomic mass is 10.0. The first-order valence-electron chi connectivity index (χ1n) is 20.2. The van der Waals surface area contributed by atoms with Crippen molar-refractivity contribution in [1.29, 1.82) is 0 Å². The van der Waals surface area contributed by atoms with E-state index in [-0.39, 0.29) is 19.4 Å². The number of nitrogens with one attached hydrogen (secondary N) is 1. The fourth-order valence-corrected chi connectivity index (χ4v) is 6.03. The summed E-state index contributed by atoms with van der Waals surface area (Å²) in [5.41, 5.74) is 0. The van der Waals surface area contributed by atoms with Crippen LogP contribution in [-0.4, -0.2) is 91.0 Å². The molecule has 0 radical (unpaired) electrons. The number of nitrogens with zero attached hydrogens (tertiary/aromatic N) is 1. The number of carbonyl (C=O) groups is 1. The zero-order valence-electron chi connectivity index (χ0n) is 33.5. The van der Waals surface area contributed by atoms with Gasteiger partial charge in [-0.15, -0.1) is 0 Å². The fourth-order valence-electron chi connectivity index (χ4n) is 5.31. The number of allylic oxidation sites excluding steroid dienone is 6. The maximum atomic E-state index is 12.8. The van der Waals surface area contributed by atoms with Crippen molar-refractivity contribution in [2.45, 2.75) is 167 Å². The lowest BCUT2D eigenvalue weighted by Gasteiger charge is -2.29. The van der Waals surface area contributed by atoms with Crippen LogP contribution in [0.1, 0.15) is 142 Å². The first-order chi connectivity index (χ1) is 24.8. The fraction of sp³-hybridized carbons (Fsp3) is 0.780. The molecule has 0 aromatic carbocycles. The molecule has 0 aromatic heterocycles. The molecule has 304 valence electrons. The van der Waals surface area contributed by atoms with Crippen molar-refractivity contribution in [1.82, 2.24) is 5.32 Å². The Labute approximate surface area is 317 Å². The van der Waals surface area contributed by atoms with E-state index in [1.165, 1.54) is 64.2 Å². The average Bonchev–Trinajstić information content (AvgIpc) is 3.08. The van der Waals surface area contributed by atoms with Gasteiger partial charge in [0.05, 0.1) is 52.1 Å². The molecule has 0 heterocycles. The Morgan fingerprint density at radius 1 is 0.731 bits per heavy atom. The Morgan fingerprint density at radius 3 is 1.90 bits per heavy atom. The van der Waals surface area contributed by atoms with E-state index in [0.29, 0.717) is 23.9 Å². The second-order valence-corrected chi connectivity index (χ2v) is 16.4. The number of phosphoric acid groups is 1. The van der Waals surface area contributed by atoms with Crippen molar-refractivity contribution >= 4 is 13.7 Å². The van der Waals surface area contributed by atoms with Crippen molar-refractivity contribution in [2.75, 3.05) is 40.9 Å². The summed E-state index contributed by atoms with van der Waals surface area (Å²) < 4.78 is 23.0. The molecule has 0 aliphatic heterocycles. The molecular formula is C41H77N2O8P. The van der Waals surface area contributed by atoms with Crippen LogP contribution in [0.3, 0.4) is 0 Å². The monoisotopic (exact) mass is 757 g/mol. The Morgan fingerprint density at radius 2 is 1.27 bits per heavy atom. The minimum Gasteiger partial charge on any atom is -0.756 e. The number of aliphatic hydroxyl groups is 3. The Balaban J connectivity index is 4.77. The highest BCUT2D eigenvalue weighted by atomic mass is 31.2. The van der Waals surface area contributed by atoms with Gasteiger partial charge in [-0.05, 0) is 57.8 Å². The van der Waals surface area contributed by atoms with Crippen LogP contribution < -0.4 is 10.2 Å². The Hall–Kier alpha value is -1.62. The van der Waals surface area contributed by atoms with Crippen molar-refractivity contribution in [3.63, 3.8) is 0 Å². The van der Waals surface area contributed by atoms with Crippen LogP contribution in [0.2, 0.25) is 0 Å². The standard InChI is InChI=1S/C41H77N2O8P/c1-6-8-10-12-14-16-18-20-22-24-26-28-31-39(45)40(46)32-29-33-41(47)42-37(36-51-52(48,49)50-35-34-43(3,4)5)38(44)30-27-25-23-21-19-17-15-13-11-9-7-2/h14,16,20,22,26-28,30,37-40,44-46H,6-13,15,17-19,21,23-25,29,31-36H2,1-5H3,(H-,42,47,48,49)/b16-14-,22-20-,28-26-,30-27+/t37-,38+,39?,40?/m0/s1. The van der Waals surface area contributed by atoms with E-state index in [2.05, 4.69) is 43.5 Å². The van der Waals surface area contributed by atoms with E-state index in [9.17, 15) is 29.6 Å². The molecule has 0 spiro atoms. The summed E-state index contributed by atoms with van der Waals surface area (Å²) in [6.07, 6.45) is 31.8. The van der Waals surface area contributed by atoms with Gasteiger partial charge in [-0.2, -0.15) is 0 Å². The third kappa shape index (κ3) is 33.0. The summed E-state index contributed by atoms with van der Waals surface area (Å²) in [5.74, 6) is -0.421. The predicted octanol–water partition coefficient (Wildman–Crippen LogP) is 7.83. The third-order valence-electron chi connectivity index (χ3n) is 8.73. The summed E-state index contributed by atoms with van der Waals surface area (Å²) in [7, 11) is 1.07. The molecule has 0 aliphatic carbocycles. The Bertz CT molecular complexity index is 1030. The van der Waals surface area contributed by atoms with Crippen molar-refractivity contribution in [2.24, 2.45) is 0 Å². The molecule has 0 saturated carbocycles. The van der Waals surface area contributed by atoms with Crippen LogP contribution in [-0.2, 0) is 18.4 Å². The van der Waals surface area contributed by atoms with Gasteiger partial charge in [-0.3, -0.25) is 9.36 Å². The quantitative estimate of drug-likeness (QED) is 0.0221. The first kappa shape index (κ1) is 50.4. The van der Waals surface area contributed by atoms with E-state index < -0.39 is 44.7 Å². The number of rotatable bonds is 35. The van der Waals surface area contributed by atoms with Gasteiger partial charge < -0.3 is 39.1 Å². The molecule has 52 heavy (non-hydrogen) atoms. The SMILES string of the molecule is CCCCC/C=C\C/C=C\C/C=C\CC(O)C(O)CCCC(=O)N[C@@H](COP(=O)([O-])OCC[N+](C)(C)C)[C@H](O)/C=C/CCCCCCCCCCC. The predicted molar refractivity (Wildman–Crippen MR) is 213 cm³/mol. The van der Waals surface area contributed by atoms with Crippen LogP contribution in [0, 0.1) is 0 Å². The molecule has 0 fully saturated rings. The largest absolute Gasteiger partial charge is 0.756 e. The van der Waals surface area contributed by atoms with Crippen molar-refractivity contribution in [3.05, 3.63) is 48.6 Å². The van der Waals surface area contributed by atoms with E-state index >= 15 is 0 Å². The summed E-state index contributed by atoms with van der Waals surface area (Å²) in [6, 6.07) is -1.02. The zero-order chi connectivity index (χ0) is 38.9. The molecule has 1 amide bonds. The van der Waals surface area contributed by atoms with Gasteiger partial charge in [0.2, 0.25) is 5.91 Å². The maximum Gasteiger partial charge on any atom is 0.268 e. The van der Waals surface area contributed by atoms with Crippen molar-refractivity contribution < 1.29 is 43.1 Å². The van der Waals surface area contributed by atoms with Gasteiger partial charge in [0.15, 0.2) is 0 Å². The number of carbonyl (C=O) groups excluding carboxylic acids is 1. The summed E-state index contributed by atoms with van der Waals surface area (Å²) >= 11 is 0. The molecule has 5 atom stereocenters. The van der Waals surface area contributed by atoms with Gasteiger partial charge in [-0.1, -0.05) is 127 Å². The van der Waals surface area contributed by atoms with Crippen molar-refractivity contribution in [3.8, 4) is 0 Å². The minimum absolute atomic E-state index is 0.0257. The number of likely N-dealkylation sites (N-methyl/N-ethyl adjacent to an activating group) is 1. The van der Waals surface area contributed by atoms with E-state index in [1.807, 2.05) is 39.4 Å². The second-order valence-electron chi connectivity index (χ2n) is 14.9. The number of hydrogen-bond donors (Lipinski definition) is 4. The van der Waals surface area contributed by atoms with E-state index in [0.717, 1.165) is 38.5 Å². The van der Waals surface area contributed by atoms with E-state index in [1.54, 1.807) is 6.08 Å². The van der Waals surface area contributed by atoms with Gasteiger partial charge >= 0.3 is 0 Å². The highest BCUT2D eigenvalue weighted by Crippen LogP contribution is 2.38. The lowest BCUT2D eigenvalue weighted by molar-refractivity contribution is -0.870. The highest BCUT2D eigenvalue weighted by molar-refractivity contribution is 7.45. The average molecular weight is 757 g/mol. The number of quaternary nitrogens is 1. The molecule has 0 bridgehead atoms.